The number of carbonyl (C=O) groups excluding carboxylic acids is 1. The highest BCUT2D eigenvalue weighted by atomic mass is 16.5. The van der Waals surface area contributed by atoms with Gasteiger partial charge in [0.05, 0.1) is 19.4 Å². The third kappa shape index (κ3) is 4.34. The fourth-order valence-electron chi connectivity index (χ4n) is 2.78. The van der Waals surface area contributed by atoms with E-state index in [2.05, 4.69) is 10.3 Å². The molecule has 146 valence electrons. The molecule has 0 radical (unpaired) electrons. The predicted octanol–water partition coefficient (Wildman–Crippen LogP) is 4.44. The number of nitrogens with zero attached hydrogens (tertiary/aromatic N) is 1. The topological polar surface area (TPSA) is 69.7 Å². The molecule has 0 aliphatic heterocycles. The van der Waals surface area contributed by atoms with E-state index in [1.807, 2.05) is 43.3 Å². The summed E-state index contributed by atoms with van der Waals surface area (Å²) in [4.78, 5) is 17.1. The highest BCUT2D eigenvalue weighted by molar-refractivity contribution is 6.04. The molecule has 0 saturated carbocycles. The molecule has 0 saturated heterocycles. The van der Waals surface area contributed by atoms with Crippen LogP contribution in [0.2, 0.25) is 0 Å². The van der Waals surface area contributed by atoms with Gasteiger partial charge in [-0.1, -0.05) is 19.1 Å². The molecule has 0 bridgehead atoms. The van der Waals surface area contributed by atoms with Gasteiger partial charge < -0.3 is 19.5 Å². The normalized spacial score (nSPS) is 11.7. The second kappa shape index (κ2) is 9.08. The SMILES string of the molecule is CCCOc1ccc(NC(=O)C(C)Oc2ccccc2OC)c2cccnc12. The molecule has 2 aromatic carbocycles. The minimum absolute atomic E-state index is 0.265. The number of hydrogen-bond acceptors (Lipinski definition) is 5. The van der Waals surface area contributed by atoms with E-state index in [4.69, 9.17) is 14.2 Å². The quantitative estimate of drug-likeness (QED) is 0.626. The van der Waals surface area contributed by atoms with Gasteiger partial charge in [-0.05, 0) is 49.7 Å². The first-order chi connectivity index (χ1) is 13.6. The number of benzene rings is 2. The first-order valence-corrected chi connectivity index (χ1v) is 9.25. The molecular weight excluding hydrogens is 356 g/mol. The van der Waals surface area contributed by atoms with E-state index in [0.29, 0.717) is 35.1 Å². The van der Waals surface area contributed by atoms with Crippen LogP contribution >= 0.6 is 0 Å². The van der Waals surface area contributed by atoms with Crippen LogP contribution in [0.1, 0.15) is 20.3 Å². The summed E-state index contributed by atoms with van der Waals surface area (Å²) in [5.74, 6) is 1.53. The van der Waals surface area contributed by atoms with Gasteiger partial charge in [0, 0.05) is 11.6 Å². The van der Waals surface area contributed by atoms with Crippen LogP contribution in [0.15, 0.2) is 54.7 Å². The van der Waals surface area contributed by atoms with E-state index >= 15 is 0 Å². The second-order valence-corrected chi connectivity index (χ2v) is 6.26. The standard InChI is InChI=1S/C22H24N2O4/c1-4-14-27-20-12-11-17(16-8-7-13-23-21(16)20)24-22(25)15(2)28-19-10-6-5-9-18(19)26-3/h5-13,15H,4,14H2,1-3H3,(H,24,25). The van der Waals surface area contributed by atoms with Crippen molar-refractivity contribution in [1.29, 1.82) is 0 Å². The predicted molar refractivity (Wildman–Crippen MR) is 109 cm³/mol. The Kier molecular flexibility index (Phi) is 6.32. The van der Waals surface area contributed by atoms with Crippen molar-refractivity contribution in [3.63, 3.8) is 0 Å². The lowest BCUT2D eigenvalue weighted by atomic mass is 10.1. The number of amides is 1. The van der Waals surface area contributed by atoms with E-state index in [1.54, 1.807) is 32.4 Å². The molecule has 1 aromatic heterocycles. The number of fused-ring (bicyclic) bond motifs is 1. The van der Waals surface area contributed by atoms with Gasteiger partial charge in [0.2, 0.25) is 0 Å². The van der Waals surface area contributed by atoms with Gasteiger partial charge in [0.25, 0.3) is 5.91 Å². The van der Waals surface area contributed by atoms with Crippen molar-refractivity contribution in [1.82, 2.24) is 4.98 Å². The van der Waals surface area contributed by atoms with Crippen molar-refractivity contribution < 1.29 is 19.0 Å². The molecule has 28 heavy (non-hydrogen) atoms. The average molecular weight is 380 g/mol. The van der Waals surface area contributed by atoms with E-state index in [0.717, 1.165) is 11.8 Å². The van der Waals surface area contributed by atoms with Gasteiger partial charge in [-0.15, -0.1) is 0 Å². The molecule has 1 unspecified atom stereocenters. The number of nitrogens with one attached hydrogen (secondary N) is 1. The van der Waals surface area contributed by atoms with Gasteiger partial charge in [-0.2, -0.15) is 0 Å². The number of ether oxygens (including phenoxy) is 3. The van der Waals surface area contributed by atoms with E-state index in [1.165, 1.54) is 0 Å². The lowest BCUT2D eigenvalue weighted by Gasteiger charge is -2.17. The van der Waals surface area contributed by atoms with Crippen molar-refractivity contribution in [2.75, 3.05) is 19.0 Å². The Labute approximate surface area is 164 Å². The lowest BCUT2D eigenvalue weighted by Crippen LogP contribution is -2.30. The minimum Gasteiger partial charge on any atom is -0.493 e. The van der Waals surface area contributed by atoms with Crippen LogP contribution in [0.4, 0.5) is 5.69 Å². The Morgan fingerprint density at radius 3 is 2.61 bits per heavy atom. The third-order valence-corrected chi connectivity index (χ3v) is 4.19. The van der Waals surface area contributed by atoms with Gasteiger partial charge in [0.1, 0.15) is 11.3 Å². The summed E-state index contributed by atoms with van der Waals surface area (Å²) in [7, 11) is 1.56. The molecule has 3 aromatic rings. The first kappa shape index (κ1) is 19.5. The number of methoxy groups -OCH3 is 1. The van der Waals surface area contributed by atoms with Crippen molar-refractivity contribution in [2.24, 2.45) is 0 Å². The van der Waals surface area contributed by atoms with Crippen LogP contribution in [-0.2, 0) is 4.79 Å². The fraction of sp³-hybridized carbons (Fsp3) is 0.273. The Balaban J connectivity index is 1.79. The largest absolute Gasteiger partial charge is 0.493 e. The maximum atomic E-state index is 12.7. The smallest absolute Gasteiger partial charge is 0.265 e. The maximum absolute atomic E-state index is 12.7. The summed E-state index contributed by atoms with van der Waals surface area (Å²) in [5, 5.41) is 3.74. The van der Waals surface area contributed by atoms with E-state index < -0.39 is 6.10 Å². The van der Waals surface area contributed by atoms with Crippen LogP contribution in [-0.4, -0.2) is 30.7 Å². The van der Waals surface area contributed by atoms with Crippen LogP contribution < -0.4 is 19.5 Å². The summed E-state index contributed by atoms with van der Waals surface area (Å²) in [6.07, 6.45) is 1.91. The zero-order valence-corrected chi connectivity index (χ0v) is 16.3. The monoisotopic (exact) mass is 380 g/mol. The summed E-state index contributed by atoms with van der Waals surface area (Å²) in [6, 6.07) is 14.6. The minimum atomic E-state index is -0.709. The molecule has 1 heterocycles. The van der Waals surface area contributed by atoms with Gasteiger partial charge >= 0.3 is 0 Å². The Bertz CT molecular complexity index is 958. The Morgan fingerprint density at radius 1 is 1.07 bits per heavy atom. The summed E-state index contributed by atoms with van der Waals surface area (Å²) >= 11 is 0. The zero-order chi connectivity index (χ0) is 19.9. The number of pyridine rings is 1. The summed E-state index contributed by atoms with van der Waals surface area (Å²) in [5.41, 5.74) is 1.37. The third-order valence-electron chi connectivity index (χ3n) is 4.19. The molecule has 3 rings (SSSR count). The number of carbonyl (C=O) groups is 1. The molecular formula is C22H24N2O4. The van der Waals surface area contributed by atoms with Crippen LogP contribution in [0.25, 0.3) is 10.9 Å². The summed E-state index contributed by atoms with van der Waals surface area (Å²) in [6.45, 7) is 4.36. The Hall–Kier alpha value is -3.28. The number of para-hydroxylation sites is 2. The average Bonchev–Trinajstić information content (AvgIpc) is 2.73. The second-order valence-electron chi connectivity index (χ2n) is 6.26. The molecule has 0 aliphatic rings. The molecule has 1 amide bonds. The van der Waals surface area contributed by atoms with Crippen molar-refractivity contribution in [2.45, 2.75) is 26.4 Å². The molecule has 1 N–H and O–H groups in total. The lowest BCUT2D eigenvalue weighted by molar-refractivity contribution is -0.122. The fourth-order valence-corrected chi connectivity index (χ4v) is 2.78. The van der Waals surface area contributed by atoms with Crippen LogP contribution in [0.3, 0.4) is 0 Å². The van der Waals surface area contributed by atoms with Crippen LogP contribution in [0.5, 0.6) is 17.2 Å². The number of rotatable bonds is 8. The summed E-state index contributed by atoms with van der Waals surface area (Å²) < 4.78 is 16.8. The zero-order valence-electron chi connectivity index (χ0n) is 16.3. The number of hydrogen-bond donors (Lipinski definition) is 1. The van der Waals surface area contributed by atoms with Crippen LogP contribution in [0, 0.1) is 0 Å². The van der Waals surface area contributed by atoms with Gasteiger partial charge in [-0.3, -0.25) is 9.78 Å². The highest BCUT2D eigenvalue weighted by Gasteiger charge is 2.18. The van der Waals surface area contributed by atoms with E-state index in [-0.39, 0.29) is 5.91 Å². The van der Waals surface area contributed by atoms with Crippen molar-refractivity contribution in [3.05, 3.63) is 54.7 Å². The molecule has 6 nitrogen and oxygen atoms in total. The molecule has 1 atom stereocenters. The first-order valence-electron chi connectivity index (χ1n) is 9.25. The molecule has 6 heteroatoms. The van der Waals surface area contributed by atoms with Crippen molar-refractivity contribution >= 4 is 22.5 Å². The highest BCUT2D eigenvalue weighted by Crippen LogP contribution is 2.31. The van der Waals surface area contributed by atoms with Gasteiger partial charge in [-0.25, -0.2) is 0 Å². The van der Waals surface area contributed by atoms with Gasteiger partial charge in [0.15, 0.2) is 17.6 Å². The number of anilines is 1. The maximum Gasteiger partial charge on any atom is 0.265 e. The Morgan fingerprint density at radius 2 is 1.86 bits per heavy atom. The van der Waals surface area contributed by atoms with Crippen molar-refractivity contribution in [3.8, 4) is 17.2 Å². The number of aromatic nitrogens is 1. The molecule has 0 fully saturated rings. The van der Waals surface area contributed by atoms with E-state index in [9.17, 15) is 4.79 Å². The molecule has 0 aliphatic carbocycles. The molecule has 0 spiro atoms.